The fourth-order valence-electron chi connectivity index (χ4n) is 3.42. The van der Waals surface area contributed by atoms with Gasteiger partial charge in [0.25, 0.3) is 11.6 Å². The highest BCUT2D eigenvalue weighted by molar-refractivity contribution is 6.01. The maximum atomic E-state index is 12.6. The molecule has 1 fully saturated rings. The highest BCUT2D eigenvalue weighted by Gasteiger charge is 2.38. The fourth-order valence-corrected chi connectivity index (χ4v) is 3.42. The second kappa shape index (κ2) is 8.95. The molecule has 2 atom stereocenters. The van der Waals surface area contributed by atoms with E-state index in [1.165, 1.54) is 25.1 Å². The number of ether oxygens (including phenoxy) is 1. The van der Waals surface area contributed by atoms with E-state index >= 15 is 0 Å². The Morgan fingerprint density at radius 3 is 2.61 bits per heavy atom. The molecule has 162 valence electrons. The molecule has 3 rings (SSSR count). The van der Waals surface area contributed by atoms with Crippen LogP contribution in [0.3, 0.4) is 0 Å². The molecule has 2 amide bonds. The van der Waals surface area contributed by atoms with Gasteiger partial charge in [-0.25, -0.2) is 0 Å². The van der Waals surface area contributed by atoms with Crippen LogP contribution in [0.25, 0.3) is 0 Å². The zero-order chi connectivity index (χ0) is 22.7. The Morgan fingerprint density at radius 2 is 1.90 bits per heavy atom. The predicted octanol–water partition coefficient (Wildman–Crippen LogP) is 3.13. The van der Waals surface area contributed by atoms with Crippen molar-refractivity contribution in [3.63, 3.8) is 0 Å². The molecule has 0 aliphatic carbocycles. The highest BCUT2D eigenvalue weighted by atomic mass is 16.6. The van der Waals surface area contributed by atoms with Crippen LogP contribution >= 0.6 is 0 Å². The SMILES string of the molecule is Cc1cccc(N2C[C@@H](C(=O)O[C@H](C)C(=O)Nc3ccccc3[N+](=O)[O-])CC2=O)c1C. The van der Waals surface area contributed by atoms with Crippen molar-refractivity contribution in [1.82, 2.24) is 0 Å². The van der Waals surface area contributed by atoms with E-state index in [9.17, 15) is 24.5 Å². The van der Waals surface area contributed by atoms with Crippen LogP contribution in [0.1, 0.15) is 24.5 Å². The molecule has 1 saturated heterocycles. The van der Waals surface area contributed by atoms with Crippen molar-refractivity contribution in [3.8, 4) is 0 Å². The van der Waals surface area contributed by atoms with E-state index in [0.29, 0.717) is 0 Å². The molecule has 9 heteroatoms. The van der Waals surface area contributed by atoms with Gasteiger partial charge in [0, 0.05) is 24.7 Å². The van der Waals surface area contributed by atoms with Crippen molar-refractivity contribution in [2.45, 2.75) is 33.3 Å². The first-order valence-electron chi connectivity index (χ1n) is 9.80. The van der Waals surface area contributed by atoms with Gasteiger partial charge in [-0.3, -0.25) is 24.5 Å². The van der Waals surface area contributed by atoms with Crippen molar-refractivity contribution in [1.29, 1.82) is 0 Å². The van der Waals surface area contributed by atoms with Crippen LogP contribution in [0.2, 0.25) is 0 Å². The summed E-state index contributed by atoms with van der Waals surface area (Å²) in [6.07, 6.45) is -1.19. The average Bonchev–Trinajstić information content (AvgIpc) is 3.11. The molecule has 2 aromatic rings. The van der Waals surface area contributed by atoms with Crippen molar-refractivity contribution < 1.29 is 24.0 Å². The lowest BCUT2D eigenvalue weighted by atomic mass is 10.1. The number of para-hydroxylation sites is 2. The van der Waals surface area contributed by atoms with Crippen molar-refractivity contribution >= 4 is 34.8 Å². The number of nitro benzene ring substituents is 1. The Balaban J connectivity index is 1.64. The number of aryl methyl sites for hydroxylation is 1. The minimum Gasteiger partial charge on any atom is -0.452 e. The van der Waals surface area contributed by atoms with Crippen molar-refractivity contribution in [3.05, 3.63) is 63.7 Å². The van der Waals surface area contributed by atoms with Crippen LogP contribution in [0.5, 0.6) is 0 Å². The fraction of sp³-hybridized carbons (Fsp3) is 0.318. The van der Waals surface area contributed by atoms with Crippen molar-refractivity contribution in [2.75, 3.05) is 16.8 Å². The van der Waals surface area contributed by atoms with Gasteiger partial charge < -0.3 is 15.0 Å². The van der Waals surface area contributed by atoms with Crippen molar-refractivity contribution in [2.24, 2.45) is 5.92 Å². The minimum absolute atomic E-state index is 0.00921. The number of nitrogens with one attached hydrogen (secondary N) is 1. The van der Waals surface area contributed by atoms with E-state index in [-0.39, 0.29) is 30.2 Å². The van der Waals surface area contributed by atoms with Crippen LogP contribution in [-0.2, 0) is 19.1 Å². The maximum absolute atomic E-state index is 12.6. The number of nitro groups is 1. The molecular weight excluding hydrogens is 402 g/mol. The van der Waals surface area contributed by atoms with Gasteiger partial charge in [-0.05, 0) is 44.0 Å². The smallest absolute Gasteiger partial charge is 0.312 e. The minimum atomic E-state index is -1.18. The molecule has 1 N–H and O–H groups in total. The summed E-state index contributed by atoms with van der Waals surface area (Å²) in [6.45, 7) is 5.41. The summed E-state index contributed by atoms with van der Waals surface area (Å²) in [7, 11) is 0. The number of hydrogen-bond donors (Lipinski definition) is 1. The van der Waals surface area contributed by atoms with Gasteiger partial charge in [-0.2, -0.15) is 0 Å². The summed E-state index contributed by atoms with van der Waals surface area (Å²) in [5.74, 6) is -2.24. The monoisotopic (exact) mass is 425 g/mol. The largest absolute Gasteiger partial charge is 0.452 e. The Hall–Kier alpha value is -3.75. The van der Waals surface area contributed by atoms with Crippen LogP contribution in [0.15, 0.2) is 42.5 Å². The van der Waals surface area contributed by atoms with Crippen LogP contribution in [-0.4, -0.2) is 35.4 Å². The van der Waals surface area contributed by atoms with E-state index in [4.69, 9.17) is 4.74 Å². The third-order valence-electron chi connectivity index (χ3n) is 5.35. The summed E-state index contributed by atoms with van der Waals surface area (Å²) in [6, 6.07) is 11.3. The molecule has 0 aromatic heterocycles. The number of anilines is 2. The van der Waals surface area contributed by atoms with E-state index in [0.717, 1.165) is 16.8 Å². The summed E-state index contributed by atoms with van der Waals surface area (Å²) < 4.78 is 5.26. The number of nitrogens with zero attached hydrogens (tertiary/aromatic N) is 2. The van der Waals surface area contributed by atoms with E-state index < -0.39 is 28.8 Å². The van der Waals surface area contributed by atoms with Crippen LogP contribution < -0.4 is 10.2 Å². The number of rotatable bonds is 6. The number of carbonyl (C=O) groups is 3. The van der Waals surface area contributed by atoms with Gasteiger partial charge >= 0.3 is 5.97 Å². The van der Waals surface area contributed by atoms with Gasteiger partial charge in [-0.1, -0.05) is 24.3 Å². The molecule has 1 aliphatic heterocycles. The molecule has 0 unspecified atom stereocenters. The lowest BCUT2D eigenvalue weighted by Crippen LogP contribution is -2.33. The number of esters is 1. The Kier molecular flexibility index (Phi) is 6.33. The summed E-state index contributed by atoms with van der Waals surface area (Å²) >= 11 is 0. The lowest BCUT2D eigenvalue weighted by Gasteiger charge is -2.20. The van der Waals surface area contributed by atoms with Gasteiger partial charge in [0.05, 0.1) is 10.8 Å². The standard InChI is InChI=1S/C22H23N3O6/c1-13-7-6-10-18(14(13)2)24-12-16(11-20(24)26)22(28)31-15(3)21(27)23-17-8-4-5-9-19(17)25(29)30/h4-10,15-16H,11-12H2,1-3H3,(H,23,27)/t15-,16+/m1/s1. The van der Waals surface area contributed by atoms with Gasteiger partial charge in [0.1, 0.15) is 5.69 Å². The molecule has 0 spiro atoms. The first-order valence-corrected chi connectivity index (χ1v) is 9.80. The van der Waals surface area contributed by atoms with E-state index in [1.54, 1.807) is 11.0 Å². The number of carbonyl (C=O) groups excluding carboxylic acids is 3. The summed E-state index contributed by atoms with van der Waals surface area (Å²) in [5, 5.41) is 13.5. The lowest BCUT2D eigenvalue weighted by molar-refractivity contribution is -0.383. The second-order valence-corrected chi connectivity index (χ2v) is 7.47. The molecule has 0 saturated carbocycles. The highest BCUT2D eigenvalue weighted by Crippen LogP contribution is 2.30. The van der Waals surface area contributed by atoms with Gasteiger partial charge in [0.2, 0.25) is 5.91 Å². The van der Waals surface area contributed by atoms with E-state index in [2.05, 4.69) is 5.32 Å². The predicted molar refractivity (Wildman–Crippen MR) is 114 cm³/mol. The zero-order valence-corrected chi connectivity index (χ0v) is 17.5. The normalized spacial score (nSPS) is 16.7. The van der Waals surface area contributed by atoms with Crippen LogP contribution in [0.4, 0.5) is 17.1 Å². The molecule has 2 aromatic carbocycles. The quantitative estimate of drug-likeness (QED) is 0.431. The van der Waals surface area contributed by atoms with Crippen LogP contribution in [0, 0.1) is 29.9 Å². The first kappa shape index (κ1) is 21.9. The molecule has 0 bridgehead atoms. The topological polar surface area (TPSA) is 119 Å². The van der Waals surface area contributed by atoms with Gasteiger partial charge in [-0.15, -0.1) is 0 Å². The average molecular weight is 425 g/mol. The summed E-state index contributed by atoms with van der Waals surface area (Å²) in [5.41, 5.74) is 2.50. The third kappa shape index (κ3) is 4.71. The number of hydrogen-bond acceptors (Lipinski definition) is 6. The Labute approximate surface area is 179 Å². The second-order valence-electron chi connectivity index (χ2n) is 7.47. The van der Waals surface area contributed by atoms with Gasteiger partial charge in [0.15, 0.2) is 6.10 Å². The summed E-state index contributed by atoms with van der Waals surface area (Å²) in [4.78, 5) is 49.5. The first-order chi connectivity index (χ1) is 14.7. The maximum Gasteiger partial charge on any atom is 0.312 e. The Morgan fingerprint density at radius 1 is 1.19 bits per heavy atom. The molecule has 0 radical (unpaired) electrons. The molecular formula is C22H23N3O6. The molecule has 9 nitrogen and oxygen atoms in total. The molecule has 31 heavy (non-hydrogen) atoms. The van der Waals surface area contributed by atoms with E-state index in [1.807, 2.05) is 32.0 Å². The molecule has 1 aliphatic rings. The molecule has 1 heterocycles. The number of benzene rings is 2. The Bertz CT molecular complexity index is 1050. The number of amides is 2. The third-order valence-corrected chi connectivity index (χ3v) is 5.35. The zero-order valence-electron chi connectivity index (χ0n) is 17.5.